The Bertz CT molecular complexity index is 822. The monoisotopic (exact) mass is 501 g/mol. The molecule has 4 fully saturated rings. The molecule has 4 aliphatic rings. The molecule has 0 amide bonds. The summed E-state index contributed by atoms with van der Waals surface area (Å²) in [7, 11) is -4.79. The predicted molar refractivity (Wildman–Crippen MR) is 105 cm³/mol. The quantitative estimate of drug-likeness (QED) is 0.242. The SMILES string of the molecule is CC1(C)O[C@H]2[C@@H](O1)[C@@H](CO[C@@H]1O[C@H](CO)[C@@H](O)[C@H](O)[C@H]1NS(=O)(=O)O)O[C@@H]1OC(C)(C)O[C@@H]12. The van der Waals surface area contributed by atoms with Crippen molar-refractivity contribution in [1.82, 2.24) is 4.72 Å². The smallest absolute Gasteiger partial charge is 0.333 e. The van der Waals surface area contributed by atoms with Crippen LogP contribution in [-0.2, 0) is 43.5 Å². The number of hydrogen-bond donors (Lipinski definition) is 5. The van der Waals surface area contributed by atoms with Gasteiger partial charge >= 0.3 is 10.3 Å². The second-order valence-corrected chi connectivity index (χ2v) is 10.6. The van der Waals surface area contributed by atoms with Gasteiger partial charge in [0.2, 0.25) is 0 Å². The summed E-state index contributed by atoms with van der Waals surface area (Å²) in [5, 5.41) is 29.8. The second-order valence-electron chi connectivity index (χ2n) is 9.37. The molecule has 0 radical (unpaired) electrons. The normalized spacial score (nSPS) is 46.7. The minimum Gasteiger partial charge on any atom is -0.394 e. The first kappa shape index (κ1) is 25.6. The summed E-state index contributed by atoms with van der Waals surface area (Å²) < 4.78 is 74.5. The van der Waals surface area contributed by atoms with Crippen LogP contribution < -0.4 is 4.72 Å². The van der Waals surface area contributed by atoms with Crippen LogP contribution in [0.25, 0.3) is 0 Å². The van der Waals surface area contributed by atoms with Gasteiger partial charge in [-0.25, -0.2) is 0 Å². The fourth-order valence-corrected chi connectivity index (χ4v) is 5.13. The molecule has 192 valence electrons. The zero-order chi connectivity index (χ0) is 24.3. The summed E-state index contributed by atoms with van der Waals surface area (Å²) in [5.74, 6) is -1.86. The molecule has 4 heterocycles. The molecule has 14 nitrogen and oxygen atoms in total. The van der Waals surface area contributed by atoms with Gasteiger partial charge in [0.25, 0.3) is 0 Å². The van der Waals surface area contributed by atoms with Gasteiger partial charge < -0.3 is 48.5 Å². The van der Waals surface area contributed by atoms with Crippen LogP contribution in [0, 0.1) is 0 Å². The second kappa shape index (κ2) is 8.85. The number of rotatable bonds is 6. The highest BCUT2D eigenvalue weighted by molar-refractivity contribution is 7.83. The third-order valence-electron chi connectivity index (χ3n) is 5.84. The Morgan fingerprint density at radius 3 is 2.12 bits per heavy atom. The molecule has 5 N–H and O–H groups in total. The molecular formula is C18H31NO13S. The van der Waals surface area contributed by atoms with Crippen LogP contribution in [0.2, 0.25) is 0 Å². The van der Waals surface area contributed by atoms with Crippen molar-refractivity contribution in [2.45, 2.75) is 101 Å². The molecule has 10 atom stereocenters. The van der Waals surface area contributed by atoms with E-state index in [1.165, 1.54) is 0 Å². The Balaban J connectivity index is 1.51. The highest BCUT2D eigenvalue weighted by Gasteiger charge is 2.61. The van der Waals surface area contributed by atoms with Crippen LogP contribution in [0.4, 0.5) is 0 Å². The van der Waals surface area contributed by atoms with Gasteiger partial charge in [-0.1, -0.05) is 0 Å². The molecule has 15 heteroatoms. The average Bonchev–Trinajstić information content (AvgIpc) is 3.17. The summed E-state index contributed by atoms with van der Waals surface area (Å²) in [5.41, 5.74) is 0. The maximum absolute atomic E-state index is 11.4. The fraction of sp³-hybridized carbons (Fsp3) is 1.00. The van der Waals surface area contributed by atoms with E-state index >= 15 is 0 Å². The molecule has 4 saturated heterocycles. The first-order chi connectivity index (χ1) is 15.2. The van der Waals surface area contributed by atoms with Crippen molar-refractivity contribution in [3.8, 4) is 0 Å². The van der Waals surface area contributed by atoms with Gasteiger partial charge in [-0.15, -0.1) is 0 Å². The maximum atomic E-state index is 11.4. The molecule has 4 rings (SSSR count). The molecule has 0 aromatic carbocycles. The third kappa shape index (κ3) is 5.35. The Morgan fingerprint density at radius 1 is 0.879 bits per heavy atom. The highest BCUT2D eigenvalue weighted by Crippen LogP contribution is 2.44. The highest BCUT2D eigenvalue weighted by atomic mass is 32.2. The van der Waals surface area contributed by atoms with Gasteiger partial charge in [0, 0.05) is 0 Å². The van der Waals surface area contributed by atoms with Crippen LogP contribution in [0.1, 0.15) is 27.7 Å². The van der Waals surface area contributed by atoms with Crippen molar-refractivity contribution in [2.75, 3.05) is 13.2 Å². The number of aliphatic hydroxyl groups is 3. The molecule has 0 spiro atoms. The van der Waals surface area contributed by atoms with E-state index in [1.54, 1.807) is 32.4 Å². The largest absolute Gasteiger partial charge is 0.394 e. The Labute approximate surface area is 190 Å². The van der Waals surface area contributed by atoms with Gasteiger partial charge in [-0.2, -0.15) is 13.1 Å². The number of hydrogen-bond acceptors (Lipinski definition) is 12. The van der Waals surface area contributed by atoms with Gasteiger partial charge in [0.05, 0.1) is 13.2 Å². The lowest BCUT2D eigenvalue weighted by Gasteiger charge is -2.43. The molecule has 4 aliphatic heterocycles. The third-order valence-corrected chi connectivity index (χ3v) is 6.41. The van der Waals surface area contributed by atoms with E-state index in [2.05, 4.69) is 0 Å². The fourth-order valence-electron chi connectivity index (χ4n) is 4.54. The summed E-state index contributed by atoms with van der Waals surface area (Å²) in [6.45, 7) is 6.04. The van der Waals surface area contributed by atoms with E-state index in [9.17, 15) is 28.3 Å². The van der Waals surface area contributed by atoms with Crippen molar-refractivity contribution in [3.05, 3.63) is 0 Å². The van der Waals surface area contributed by atoms with Crippen molar-refractivity contribution >= 4 is 10.3 Å². The van der Waals surface area contributed by atoms with Crippen LogP contribution in [-0.4, -0.2) is 114 Å². The van der Waals surface area contributed by atoms with Crippen LogP contribution in [0.5, 0.6) is 0 Å². The number of nitrogens with one attached hydrogen (secondary N) is 1. The van der Waals surface area contributed by atoms with E-state index in [4.69, 9.17) is 33.2 Å². The van der Waals surface area contributed by atoms with Gasteiger partial charge in [-0.05, 0) is 27.7 Å². The molecule has 0 saturated carbocycles. The Kier molecular flexibility index (Phi) is 6.85. The standard InChI is InChI=1S/C18H31NO13S/c1-17(2)29-12-8(28-16-14(13(12)30-17)31-18(3,4)32-16)6-26-15-9(19-33(23,24)25)11(22)10(21)7(5-20)27-15/h7-16,19-22H,5-6H2,1-4H3,(H,23,24,25)/t7-,8-,9-,10-,11-,12+,13+,14-,15-,16-/m1/s1. The summed E-state index contributed by atoms with van der Waals surface area (Å²) >= 11 is 0. The lowest BCUT2D eigenvalue weighted by atomic mass is 9.97. The van der Waals surface area contributed by atoms with E-state index in [0.717, 1.165) is 0 Å². The first-order valence-corrected chi connectivity index (χ1v) is 12.0. The van der Waals surface area contributed by atoms with Crippen molar-refractivity contribution in [1.29, 1.82) is 0 Å². The van der Waals surface area contributed by atoms with Crippen molar-refractivity contribution < 1.29 is 61.4 Å². The van der Waals surface area contributed by atoms with E-state index in [0.29, 0.717) is 0 Å². The molecule has 33 heavy (non-hydrogen) atoms. The predicted octanol–water partition coefficient (Wildman–Crippen LogP) is -2.40. The average molecular weight is 502 g/mol. The topological polar surface area (TPSA) is 192 Å². The van der Waals surface area contributed by atoms with Crippen LogP contribution >= 0.6 is 0 Å². The minimum absolute atomic E-state index is 0.233. The molecule has 0 bridgehead atoms. The summed E-state index contributed by atoms with van der Waals surface area (Å²) in [6, 6.07) is -1.58. The van der Waals surface area contributed by atoms with E-state index in [-0.39, 0.29) is 6.61 Å². The number of ether oxygens (including phenoxy) is 7. The Morgan fingerprint density at radius 2 is 1.48 bits per heavy atom. The number of fused-ring (bicyclic) bond motifs is 3. The van der Waals surface area contributed by atoms with Gasteiger partial charge in [-0.3, -0.25) is 4.55 Å². The van der Waals surface area contributed by atoms with Crippen molar-refractivity contribution in [3.63, 3.8) is 0 Å². The molecule has 0 aromatic heterocycles. The van der Waals surface area contributed by atoms with Crippen LogP contribution in [0.15, 0.2) is 0 Å². The molecule has 0 aliphatic carbocycles. The molecular weight excluding hydrogens is 470 g/mol. The maximum Gasteiger partial charge on any atom is 0.333 e. The molecule has 0 unspecified atom stereocenters. The first-order valence-electron chi connectivity index (χ1n) is 10.6. The van der Waals surface area contributed by atoms with E-state index < -0.39 is 89.8 Å². The summed E-state index contributed by atoms with van der Waals surface area (Å²) in [4.78, 5) is 0. The summed E-state index contributed by atoms with van der Waals surface area (Å²) in [6.07, 6.45) is -9.44. The van der Waals surface area contributed by atoms with Crippen molar-refractivity contribution in [2.24, 2.45) is 0 Å². The lowest BCUT2D eigenvalue weighted by molar-refractivity contribution is -0.291. The number of aliphatic hydroxyl groups excluding tert-OH is 3. The van der Waals surface area contributed by atoms with Crippen LogP contribution in [0.3, 0.4) is 0 Å². The zero-order valence-corrected chi connectivity index (χ0v) is 19.4. The zero-order valence-electron chi connectivity index (χ0n) is 18.6. The van der Waals surface area contributed by atoms with E-state index in [1.807, 2.05) is 0 Å². The lowest BCUT2D eigenvalue weighted by Crippen LogP contribution is -2.65. The van der Waals surface area contributed by atoms with Gasteiger partial charge in [0.1, 0.15) is 48.8 Å². The Hall–Kier alpha value is -0.530. The van der Waals surface area contributed by atoms with Gasteiger partial charge in [0.15, 0.2) is 24.2 Å². The minimum atomic E-state index is -4.79. The molecule has 0 aromatic rings.